The molecule has 0 aliphatic carbocycles. The van der Waals surface area contributed by atoms with Crippen molar-refractivity contribution in [2.75, 3.05) is 5.32 Å². The van der Waals surface area contributed by atoms with Crippen molar-refractivity contribution in [2.45, 2.75) is 6.54 Å². The molecule has 0 saturated heterocycles. The number of ether oxygens (including phenoxy) is 1. The van der Waals surface area contributed by atoms with Crippen LogP contribution in [-0.4, -0.2) is 6.29 Å². The first kappa shape index (κ1) is 19.8. The monoisotopic (exact) mass is 450 g/mol. The second-order valence-corrected chi connectivity index (χ2v) is 6.22. The zero-order valence-electron chi connectivity index (χ0n) is 15.1. The number of hydrogen-bond acceptors (Lipinski definition) is 3. The fourth-order valence-electron chi connectivity index (χ4n) is 3.05. The minimum atomic E-state index is 0. The largest absolute Gasteiger partial charge is 0.457 e. The predicted octanol–water partition coefficient (Wildman–Crippen LogP) is 5.70. The van der Waals surface area contributed by atoms with Gasteiger partial charge in [0.25, 0.3) is 0 Å². The van der Waals surface area contributed by atoms with Crippen LogP contribution in [0.5, 0.6) is 11.5 Å². The standard InChI is InChI=1S/C24H18NO2.Mo/c26-17-18-10-13-20(14-11-18)25-16-19-12-15-24(23-9-5-4-8-22(19)23)27-21-6-2-1-3-7-21;/h1-15,25H,16H2;/q-1;. The Morgan fingerprint density at radius 3 is 2.14 bits per heavy atom. The van der Waals surface area contributed by atoms with E-state index in [0.29, 0.717) is 12.1 Å². The maximum Gasteiger partial charge on any atom is 0.135 e. The molecule has 0 radical (unpaired) electrons. The molecule has 3 nitrogen and oxygen atoms in total. The summed E-state index contributed by atoms with van der Waals surface area (Å²) in [6.07, 6.45) is 1.89. The van der Waals surface area contributed by atoms with Gasteiger partial charge >= 0.3 is 0 Å². The van der Waals surface area contributed by atoms with Gasteiger partial charge in [-0.3, -0.25) is 0 Å². The van der Waals surface area contributed by atoms with Gasteiger partial charge in [0, 0.05) is 38.7 Å². The number of fused-ring (bicyclic) bond motifs is 1. The Morgan fingerprint density at radius 2 is 1.43 bits per heavy atom. The summed E-state index contributed by atoms with van der Waals surface area (Å²) in [5, 5.41) is 5.63. The number of rotatable bonds is 6. The SMILES string of the molecule is O=[C-]c1ccc(NCc2ccc(Oc3ccccc3)c3ccccc23)cc1.[Mo]. The summed E-state index contributed by atoms with van der Waals surface area (Å²) >= 11 is 0. The number of carbonyl (C=O) groups excluding carboxylic acids is 1. The van der Waals surface area contributed by atoms with Crippen molar-refractivity contribution >= 4 is 22.7 Å². The number of hydrogen-bond donors (Lipinski definition) is 1. The van der Waals surface area contributed by atoms with E-state index in [9.17, 15) is 4.79 Å². The summed E-state index contributed by atoms with van der Waals surface area (Å²) in [5.41, 5.74) is 2.69. The van der Waals surface area contributed by atoms with Crippen molar-refractivity contribution in [3.63, 3.8) is 0 Å². The molecule has 4 rings (SSSR count). The van der Waals surface area contributed by atoms with Gasteiger partial charge in [-0.1, -0.05) is 60.7 Å². The maximum absolute atomic E-state index is 10.6. The van der Waals surface area contributed by atoms with Gasteiger partial charge in [-0.25, -0.2) is 0 Å². The van der Waals surface area contributed by atoms with E-state index in [1.165, 1.54) is 5.56 Å². The fraction of sp³-hybridized carbons (Fsp3) is 0.0417. The first-order valence-corrected chi connectivity index (χ1v) is 8.79. The third kappa shape index (κ3) is 4.49. The average Bonchev–Trinajstić information content (AvgIpc) is 2.74. The van der Waals surface area contributed by atoms with E-state index >= 15 is 0 Å². The smallest absolute Gasteiger partial charge is 0.135 e. The van der Waals surface area contributed by atoms with Crippen LogP contribution in [0.3, 0.4) is 0 Å². The molecule has 28 heavy (non-hydrogen) atoms. The molecule has 0 saturated carbocycles. The Balaban J connectivity index is 0.00000225. The zero-order valence-corrected chi connectivity index (χ0v) is 17.1. The van der Waals surface area contributed by atoms with E-state index in [1.54, 1.807) is 12.1 Å². The Bertz CT molecular complexity index is 1060. The third-order valence-corrected chi connectivity index (χ3v) is 4.43. The van der Waals surface area contributed by atoms with Crippen molar-refractivity contribution in [3.05, 3.63) is 102 Å². The van der Waals surface area contributed by atoms with E-state index in [4.69, 9.17) is 4.74 Å². The number of nitrogens with one attached hydrogen (secondary N) is 1. The van der Waals surface area contributed by atoms with E-state index < -0.39 is 0 Å². The molecule has 0 spiro atoms. The average molecular weight is 448 g/mol. The molecule has 138 valence electrons. The van der Waals surface area contributed by atoms with Crippen LogP contribution in [0.25, 0.3) is 10.8 Å². The Kier molecular flexibility index (Phi) is 6.62. The molecule has 0 aliphatic rings. The normalized spacial score (nSPS) is 10.1. The van der Waals surface area contributed by atoms with Crippen LogP contribution in [-0.2, 0) is 32.4 Å². The third-order valence-electron chi connectivity index (χ3n) is 4.43. The van der Waals surface area contributed by atoms with E-state index in [2.05, 4.69) is 23.5 Å². The van der Waals surface area contributed by atoms with Crippen LogP contribution in [0.4, 0.5) is 5.69 Å². The Morgan fingerprint density at radius 1 is 0.750 bits per heavy atom. The van der Waals surface area contributed by atoms with Crippen LogP contribution in [0.2, 0.25) is 0 Å². The number of benzene rings is 4. The molecule has 4 aromatic rings. The first-order valence-electron chi connectivity index (χ1n) is 8.79. The predicted molar refractivity (Wildman–Crippen MR) is 109 cm³/mol. The second kappa shape index (κ2) is 9.34. The molecule has 0 heterocycles. The molecule has 0 atom stereocenters. The summed E-state index contributed by atoms with van der Waals surface area (Å²) in [6.45, 7) is 0.677. The van der Waals surface area contributed by atoms with Gasteiger partial charge in [0.05, 0.1) is 6.29 Å². The molecule has 4 aromatic carbocycles. The van der Waals surface area contributed by atoms with E-state index in [1.807, 2.05) is 66.9 Å². The molecular weight excluding hydrogens is 430 g/mol. The summed E-state index contributed by atoms with van der Waals surface area (Å²) in [4.78, 5) is 10.6. The Hall–Kier alpha value is -2.90. The zero-order chi connectivity index (χ0) is 18.5. The number of anilines is 1. The minimum absolute atomic E-state index is 0. The van der Waals surface area contributed by atoms with Gasteiger partial charge in [0.15, 0.2) is 0 Å². The van der Waals surface area contributed by atoms with Crippen LogP contribution >= 0.6 is 0 Å². The molecule has 0 aromatic heterocycles. The van der Waals surface area contributed by atoms with Crippen molar-refractivity contribution < 1.29 is 30.6 Å². The van der Waals surface area contributed by atoms with Gasteiger partial charge < -0.3 is 14.8 Å². The van der Waals surface area contributed by atoms with E-state index in [-0.39, 0.29) is 21.1 Å². The fourth-order valence-corrected chi connectivity index (χ4v) is 3.05. The van der Waals surface area contributed by atoms with Crippen molar-refractivity contribution in [2.24, 2.45) is 0 Å². The first-order chi connectivity index (χ1) is 13.3. The molecule has 0 fully saturated rings. The van der Waals surface area contributed by atoms with Gasteiger partial charge in [-0.2, -0.15) is 17.7 Å². The van der Waals surface area contributed by atoms with Crippen molar-refractivity contribution in [3.8, 4) is 11.5 Å². The van der Waals surface area contributed by atoms with Crippen molar-refractivity contribution in [1.82, 2.24) is 0 Å². The van der Waals surface area contributed by atoms with Gasteiger partial charge in [0.2, 0.25) is 0 Å². The van der Waals surface area contributed by atoms with Gasteiger partial charge in [-0.15, -0.1) is 0 Å². The van der Waals surface area contributed by atoms with Crippen LogP contribution in [0.1, 0.15) is 11.1 Å². The van der Waals surface area contributed by atoms with Crippen LogP contribution < -0.4 is 10.1 Å². The Labute approximate surface area is 178 Å². The van der Waals surface area contributed by atoms with Gasteiger partial charge in [-0.05, 0) is 29.1 Å². The summed E-state index contributed by atoms with van der Waals surface area (Å²) in [6, 6.07) is 29.4. The quantitative estimate of drug-likeness (QED) is 0.304. The number of para-hydroxylation sites is 1. The summed E-state index contributed by atoms with van der Waals surface area (Å²) in [5.74, 6) is 1.66. The molecule has 4 heteroatoms. The molecule has 0 aliphatic heterocycles. The van der Waals surface area contributed by atoms with Crippen LogP contribution in [0.15, 0.2) is 91.0 Å². The summed E-state index contributed by atoms with van der Waals surface area (Å²) < 4.78 is 6.08. The molecule has 0 unspecified atom stereocenters. The summed E-state index contributed by atoms with van der Waals surface area (Å²) in [7, 11) is 0. The maximum atomic E-state index is 10.6. The molecular formula is C24H18MoNO2-. The van der Waals surface area contributed by atoms with Gasteiger partial charge in [0.1, 0.15) is 11.5 Å². The minimum Gasteiger partial charge on any atom is -0.457 e. The second-order valence-electron chi connectivity index (χ2n) is 6.22. The molecule has 1 N–H and O–H groups in total. The van der Waals surface area contributed by atoms with Crippen molar-refractivity contribution in [1.29, 1.82) is 0 Å². The van der Waals surface area contributed by atoms with E-state index in [0.717, 1.165) is 28.0 Å². The topological polar surface area (TPSA) is 38.3 Å². The molecule has 0 amide bonds. The van der Waals surface area contributed by atoms with Crippen LogP contribution in [0, 0.1) is 0 Å². The molecule has 0 bridgehead atoms.